The molecule has 0 saturated carbocycles. The van der Waals surface area contributed by atoms with Crippen molar-refractivity contribution >= 4 is 23.6 Å². The summed E-state index contributed by atoms with van der Waals surface area (Å²) in [5.74, 6) is -0.731. The van der Waals surface area contributed by atoms with E-state index in [9.17, 15) is 24.6 Å². The van der Waals surface area contributed by atoms with Crippen LogP contribution in [0.15, 0.2) is 45.7 Å². The molecule has 10 nitrogen and oxygen atoms in total. The summed E-state index contributed by atoms with van der Waals surface area (Å²) in [5.41, 5.74) is -0.322. The van der Waals surface area contributed by atoms with Crippen molar-refractivity contribution < 1.29 is 24.5 Å². The molecular formula is C17H16ClN3O7. The number of nitrogens with zero attached hydrogens (tertiary/aromatic N) is 2. The summed E-state index contributed by atoms with van der Waals surface area (Å²) < 4.78 is 11.5. The van der Waals surface area contributed by atoms with Gasteiger partial charge in [0.1, 0.15) is 30.6 Å². The zero-order valence-electron chi connectivity index (χ0n) is 14.3. The van der Waals surface area contributed by atoms with Gasteiger partial charge in [0.15, 0.2) is 6.23 Å². The molecule has 2 aromatic heterocycles. The number of nitrogens with one attached hydrogen (secondary N) is 1. The number of aliphatic hydroxyl groups is 2. The Morgan fingerprint density at radius 2 is 2.14 bits per heavy atom. The summed E-state index contributed by atoms with van der Waals surface area (Å²) in [6, 6.07) is 4.70. The standard InChI is InChI=1S/C17H16ClN3O7/c18-5-4-9-7-21(17(26)20-14(9)24)15-13(23)12(22)11(28-15)8-27-16(25)10-3-1-2-6-19-10/h1-7,11-13,15,22-23H,8H2,(H,20,24,26)/b5-4+. The Morgan fingerprint density at radius 1 is 1.36 bits per heavy atom. The van der Waals surface area contributed by atoms with Gasteiger partial charge >= 0.3 is 11.7 Å². The number of ether oxygens (including phenoxy) is 2. The molecule has 0 amide bonds. The highest BCUT2D eigenvalue weighted by atomic mass is 35.5. The van der Waals surface area contributed by atoms with Crippen LogP contribution in [0.3, 0.4) is 0 Å². The molecule has 1 aliphatic rings. The van der Waals surface area contributed by atoms with Gasteiger partial charge in [-0.05, 0) is 18.2 Å². The Balaban J connectivity index is 1.76. The first-order valence-corrected chi connectivity index (χ1v) is 8.58. The Morgan fingerprint density at radius 3 is 2.82 bits per heavy atom. The first-order valence-electron chi connectivity index (χ1n) is 8.14. The number of carbonyl (C=O) groups is 1. The average Bonchev–Trinajstić information content (AvgIpc) is 2.97. The minimum absolute atomic E-state index is 0.0462. The lowest BCUT2D eigenvalue weighted by molar-refractivity contribution is -0.0600. The van der Waals surface area contributed by atoms with Gasteiger partial charge in [0.05, 0.1) is 5.56 Å². The van der Waals surface area contributed by atoms with Crippen LogP contribution >= 0.6 is 11.6 Å². The number of esters is 1. The third kappa shape index (κ3) is 4.04. The summed E-state index contributed by atoms with van der Waals surface area (Å²) >= 11 is 5.46. The Bertz CT molecular complexity index is 988. The van der Waals surface area contributed by atoms with E-state index in [0.29, 0.717) is 0 Å². The van der Waals surface area contributed by atoms with E-state index >= 15 is 0 Å². The molecule has 0 bridgehead atoms. The van der Waals surface area contributed by atoms with Crippen LogP contribution in [0.1, 0.15) is 22.3 Å². The number of hydrogen-bond donors (Lipinski definition) is 3. The molecule has 1 aliphatic heterocycles. The first kappa shape index (κ1) is 20.0. The molecule has 148 valence electrons. The number of carbonyl (C=O) groups excluding carboxylic acids is 1. The maximum atomic E-state index is 12.1. The quantitative estimate of drug-likeness (QED) is 0.567. The van der Waals surface area contributed by atoms with Gasteiger partial charge < -0.3 is 19.7 Å². The van der Waals surface area contributed by atoms with E-state index in [2.05, 4.69) is 9.97 Å². The van der Waals surface area contributed by atoms with Gasteiger partial charge in [-0.3, -0.25) is 14.3 Å². The second kappa shape index (κ2) is 8.48. The fraction of sp³-hybridized carbons (Fsp3) is 0.294. The van der Waals surface area contributed by atoms with E-state index in [0.717, 1.165) is 16.3 Å². The molecule has 1 fully saturated rings. The molecule has 4 unspecified atom stereocenters. The molecular weight excluding hydrogens is 394 g/mol. The van der Waals surface area contributed by atoms with Crippen LogP contribution in [0.2, 0.25) is 0 Å². The number of rotatable bonds is 5. The number of aromatic nitrogens is 3. The van der Waals surface area contributed by atoms with Crippen LogP contribution in [0.4, 0.5) is 0 Å². The van der Waals surface area contributed by atoms with Crippen molar-refractivity contribution in [3.05, 3.63) is 68.2 Å². The number of hydrogen-bond acceptors (Lipinski definition) is 8. The smallest absolute Gasteiger partial charge is 0.357 e. The molecule has 11 heteroatoms. The van der Waals surface area contributed by atoms with E-state index in [1.165, 1.54) is 18.3 Å². The summed E-state index contributed by atoms with van der Waals surface area (Å²) in [6.07, 6.45) is -1.53. The van der Waals surface area contributed by atoms with Gasteiger partial charge in [-0.1, -0.05) is 17.7 Å². The molecule has 3 heterocycles. The van der Waals surface area contributed by atoms with Gasteiger partial charge in [-0.15, -0.1) is 0 Å². The summed E-state index contributed by atoms with van der Waals surface area (Å²) in [5, 5.41) is 20.4. The second-order valence-corrected chi connectivity index (χ2v) is 6.16. The van der Waals surface area contributed by atoms with E-state index in [4.69, 9.17) is 21.1 Å². The molecule has 0 radical (unpaired) electrons. The highest BCUT2D eigenvalue weighted by Crippen LogP contribution is 2.28. The van der Waals surface area contributed by atoms with Crippen molar-refractivity contribution in [1.82, 2.24) is 14.5 Å². The SMILES string of the molecule is O=C(OCC1OC(n2cc(/C=C/Cl)c(=O)[nH]c2=O)C(O)C1O)c1ccccn1. The van der Waals surface area contributed by atoms with Crippen molar-refractivity contribution in [3.63, 3.8) is 0 Å². The van der Waals surface area contributed by atoms with E-state index in [1.54, 1.807) is 12.1 Å². The fourth-order valence-corrected chi connectivity index (χ4v) is 2.82. The van der Waals surface area contributed by atoms with Gasteiger partial charge in [-0.25, -0.2) is 14.6 Å². The maximum Gasteiger partial charge on any atom is 0.357 e. The molecule has 3 rings (SSSR count). The normalized spacial score (nSPS) is 24.5. The second-order valence-electron chi connectivity index (χ2n) is 5.90. The molecule has 0 aromatic carbocycles. The summed E-state index contributed by atoms with van der Waals surface area (Å²) in [7, 11) is 0. The van der Waals surface area contributed by atoms with E-state index in [1.807, 2.05) is 0 Å². The summed E-state index contributed by atoms with van der Waals surface area (Å²) in [6.45, 7) is -0.378. The van der Waals surface area contributed by atoms with Crippen LogP contribution in [-0.4, -0.2) is 55.6 Å². The Hall–Kier alpha value is -2.79. The number of pyridine rings is 1. The summed E-state index contributed by atoms with van der Waals surface area (Å²) in [4.78, 5) is 41.7. The molecule has 1 saturated heterocycles. The lowest BCUT2D eigenvalue weighted by Gasteiger charge is -2.17. The average molecular weight is 410 g/mol. The third-order valence-corrected chi connectivity index (χ3v) is 4.23. The van der Waals surface area contributed by atoms with Crippen LogP contribution in [-0.2, 0) is 9.47 Å². The van der Waals surface area contributed by atoms with Crippen LogP contribution < -0.4 is 11.2 Å². The molecule has 3 N–H and O–H groups in total. The molecule has 4 atom stereocenters. The maximum absolute atomic E-state index is 12.1. The third-order valence-electron chi connectivity index (χ3n) is 4.10. The highest BCUT2D eigenvalue weighted by Gasteiger charge is 2.44. The van der Waals surface area contributed by atoms with Crippen molar-refractivity contribution in [2.45, 2.75) is 24.5 Å². The number of aromatic amines is 1. The Kier molecular flexibility index (Phi) is 6.05. The minimum Gasteiger partial charge on any atom is -0.458 e. The van der Waals surface area contributed by atoms with Gasteiger partial charge in [0, 0.05) is 17.9 Å². The van der Waals surface area contributed by atoms with Crippen molar-refractivity contribution in [2.24, 2.45) is 0 Å². The van der Waals surface area contributed by atoms with Gasteiger partial charge in [-0.2, -0.15) is 0 Å². The lowest BCUT2D eigenvalue weighted by atomic mass is 10.1. The zero-order valence-corrected chi connectivity index (χ0v) is 15.0. The largest absolute Gasteiger partial charge is 0.458 e. The fourth-order valence-electron chi connectivity index (χ4n) is 2.69. The Labute approximate surface area is 162 Å². The van der Waals surface area contributed by atoms with Crippen LogP contribution in [0, 0.1) is 0 Å². The van der Waals surface area contributed by atoms with Crippen LogP contribution in [0.5, 0.6) is 0 Å². The highest BCUT2D eigenvalue weighted by molar-refractivity contribution is 6.27. The van der Waals surface area contributed by atoms with Crippen LogP contribution in [0.25, 0.3) is 6.08 Å². The molecule has 28 heavy (non-hydrogen) atoms. The van der Waals surface area contributed by atoms with Gasteiger partial charge in [0.2, 0.25) is 0 Å². The molecule has 0 aliphatic carbocycles. The molecule has 2 aromatic rings. The molecule has 0 spiro atoms. The topological polar surface area (TPSA) is 144 Å². The van der Waals surface area contributed by atoms with E-state index < -0.39 is 41.8 Å². The predicted molar refractivity (Wildman–Crippen MR) is 96.7 cm³/mol. The van der Waals surface area contributed by atoms with E-state index in [-0.39, 0.29) is 17.9 Å². The predicted octanol–water partition coefficient (Wildman–Crippen LogP) is -0.383. The minimum atomic E-state index is -1.50. The van der Waals surface area contributed by atoms with Crippen molar-refractivity contribution in [2.75, 3.05) is 6.61 Å². The van der Waals surface area contributed by atoms with Crippen molar-refractivity contribution in [1.29, 1.82) is 0 Å². The number of halogens is 1. The lowest BCUT2D eigenvalue weighted by Crippen LogP contribution is -2.38. The number of aliphatic hydroxyl groups excluding tert-OH is 2. The number of H-pyrrole nitrogens is 1. The monoisotopic (exact) mass is 409 g/mol. The van der Waals surface area contributed by atoms with Gasteiger partial charge in [0.25, 0.3) is 5.56 Å². The first-order chi connectivity index (χ1) is 13.4. The zero-order chi connectivity index (χ0) is 20.3. The van der Waals surface area contributed by atoms with Crippen molar-refractivity contribution in [3.8, 4) is 0 Å².